The molecule has 1 N–H and O–H groups in total. The van der Waals surface area contributed by atoms with Crippen molar-refractivity contribution in [2.45, 2.75) is 25.0 Å². The molecule has 0 aromatic heterocycles. The topological polar surface area (TPSA) is 90.3 Å². The van der Waals surface area contributed by atoms with E-state index in [0.717, 1.165) is 5.56 Å². The highest BCUT2D eigenvalue weighted by Gasteiger charge is 2.32. The fourth-order valence-corrected chi connectivity index (χ4v) is 5.07. The minimum absolute atomic E-state index is 0.112. The number of sulfonamides is 1. The Balaban J connectivity index is 1.62. The van der Waals surface area contributed by atoms with E-state index in [1.165, 1.54) is 4.31 Å². The van der Waals surface area contributed by atoms with E-state index in [0.29, 0.717) is 42.1 Å². The van der Waals surface area contributed by atoms with Crippen LogP contribution in [0.5, 0.6) is 0 Å². The number of carbonyl (C=O) groups excluding carboxylic acids is 1. The predicted molar refractivity (Wildman–Crippen MR) is 113 cm³/mol. The smallest absolute Gasteiger partial charge is 0.228 e. The Bertz CT molecular complexity index is 999. The van der Waals surface area contributed by atoms with Gasteiger partial charge in [0.1, 0.15) is 0 Å². The van der Waals surface area contributed by atoms with Crippen LogP contribution in [0.4, 0.5) is 5.69 Å². The van der Waals surface area contributed by atoms with Crippen LogP contribution >= 0.6 is 11.6 Å². The van der Waals surface area contributed by atoms with Crippen LogP contribution in [0.3, 0.4) is 0 Å². The molecule has 29 heavy (non-hydrogen) atoms. The molecule has 1 fully saturated rings. The van der Waals surface area contributed by atoms with Crippen LogP contribution in [0.15, 0.2) is 48.5 Å². The summed E-state index contributed by atoms with van der Waals surface area (Å²) in [6.45, 7) is 0.594. The Morgan fingerprint density at radius 1 is 1.14 bits per heavy atom. The van der Waals surface area contributed by atoms with Crippen LogP contribution in [-0.4, -0.2) is 31.7 Å². The van der Waals surface area contributed by atoms with Crippen LogP contribution in [0.25, 0.3) is 0 Å². The predicted octanol–water partition coefficient (Wildman–Crippen LogP) is 3.59. The van der Waals surface area contributed by atoms with Gasteiger partial charge in [0, 0.05) is 23.8 Å². The van der Waals surface area contributed by atoms with Gasteiger partial charge in [0.25, 0.3) is 0 Å². The second-order valence-electron chi connectivity index (χ2n) is 7.10. The van der Waals surface area contributed by atoms with E-state index < -0.39 is 15.9 Å². The number of amides is 1. The van der Waals surface area contributed by atoms with Crippen molar-refractivity contribution in [2.75, 3.05) is 18.4 Å². The number of carbonyl (C=O) groups is 1. The average Bonchev–Trinajstić information content (AvgIpc) is 2.71. The van der Waals surface area contributed by atoms with Crippen LogP contribution < -0.4 is 5.32 Å². The van der Waals surface area contributed by atoms with Crippen LogP contribution in [0.2, 0.25) is 5.02 Å². The molecule has 152 valence electrons. The summed E-state index contributed by atoms with van der Waals surface area (Å²) < 4.78 is 27.0. The second-order valence-corrected chi connectivity index (χ2v) is 9.51. The van der Waals surface area contributed by atoms with Gasteiger partial charge in [-0.1, -0.05) is 35.9 Å². The van der Waals surface area contributed by atoms with E-state index in [9.17, 15) is 13.2 Å². The van der Waals surface area contributed by atoms with Crippen molar-refractivity contribution in [3.8, 4) is 6.07 Å². The number of halogens is 1. The molecule has 3 rings (SSSR count). The number of anilines is 1. The van der Waals surface area contributed by atoms with E-state index >= 15 is 0 Å². The summed E-state index contributed by atoms with van der Waals surface area (Å²) in [5, 5.41) is 12.1. The third-order valence-corrected chi connectivity index (χ3v) is 6.98. The molecule has 6 nitrogen and oxygen atoms in total. The number of rotatable bonds is 6. The van der Waals surface area contributed by atoms with Crippen molar-refractivity contribution in [1.29, 1.82) is 5.26 Å². The Labute approximate surface area is 176 Å². The molecule has 1 heterocycles. The summed E-state index contributed by atoms with van der Waals surface area (Å²) >= 11 is 5.86. The van der Waals surface area contributed by atoms with Crippen molar-refractivity contribution >= 4 is 33.2 Å². The van der Waals surface area contributed by atoms with Gasteiger partial charge in [0.15, 0.2) is 0 Å². The number of hydrogen-bond acceptors (Lipinski definition) is 4. The summed E-state index contributed by atoms with van der Waals surface area (Å²) in [7, 11) is -3.52. The fraction of sp³-hybridized carbons (Fsp3) is 0.333. The molecule has 1 amide bonds. The highest BCUT2D eigenvalue weighted by Crippen LogP contribution is 2.23. The van der Waals surface area contributed by atoms with Gasteiger partial charge in [0.05, 0.1) is 24.2 Å². The van der Waals surface area contributed by atoms with E-state index in [1.54, 1.807) is 48.5 Å². The Kier molecular flexibility index (Phi) is 6.91. The summed E-state index contributed by atoms with van der Waals surface area (Å²) in [5.41, 5.74) is 2.18. The lowest BCUT2D eigenvalue weighted by Gasteiger charge is -2.31. The lowest BCUT2D eigenvalue weighted by Crippen LogP contribution is -2.44. The molecular weight excluding hydrogens is 410 g/mol. The number of piperidine rings is 1. The van der Waals surface area contributed by atoms with Gasteiger partial charge < -0.3 is 5.32 Å². The zero-order valence-electron chi connectivity index (χ0n) is 15.8. The molecule has 0 bridgehead atoms. The molecule has 1 unspecified atom stereocenters. The average molecular weight is 432 g/mol. The highest BCUT2D eigenvalue weighted by atomic mass is 35.5. The zero-order chi connectivity index (χ0) is 20.9. The maximum Gasteiger partial charge on any atom is 0.228 e. The zero-order valence-corrected chi connectivity index (χ0v) is 17.4. The maximum atomic E-state index is 12.8. The molecular formula is C21H22ClN3O3S. The second kappa shape index (κ2) is 9.40. The molecule has 0 radical (unpaired) electrons. The molecule has 1 aliphatic heterocycles. The third-order valence-electron chi connectivity index (χ3n) is 4.92. The van der Waals surface area contributed by atoms with Crippen molar-refractivity contribution in [3.63, 3.8) is 0 Å². The number of nitrogens with one attached hydrogen (secondary N) is 1. The number of nitrogens with zero attached hydrogens (tertiary/aromatic N) is 2. The first-order chi connectivity index (χ1) is 13.9. The molecule has 1 atom stereocenters. The number of nitriles is 1. The largest absolute Gasteiger partial charge is 0.326 e. The van der Waals surface area contributed by atoms with Crippen LogP contribution in [0.1, 0.15) is 24.0 Å². The van der Waals surface area contributed by atoms with Gasteiger partial charge in [-0.15, -0.1) is 0 Å². The van der Waals surface area contributed by atoms with Gasteiger partial charge in [-0.05, 0) is 48.2 Å². The monoisotopic (exact) mass is 431 g/mol. The van der Waals surface area contributed by atoms with Crippen molar-refractivity contribution in [2.24, 2.45) is 5.92 Å². The summed E-state index contributed by atoms with van der Waals surface area (Å²) in [6, 6.07) is 15.9. The first-order valence-electron chi connectivity index (χ1n) is 9.36. The first-order valence-corrected chi connectivity index (χ1v) is 11.3. The van der Waals surface area contributed by atoms with E-state index in [-0.39, 0.29) is 18.2 Å². The molecule has 2 aromatic rings. The first kappa shape index (κ1) is 21.3. The van der Waals surface area contributed by atoms with Gasteiger partial charge in [0.2, 0.25) is 15.9 Å². The lowest BCUT2D eigenvalue weighted by molar-refractivity contribution is -0.120. The quantitative estimate of drug-likeness (QED) is 0.756. The Hall–Kier alpha value is -2.40. The summed E-state index contributed by atoms with van der Waals surface area (Å²) in [5.74, 6) is -0.703. The molecule has 0 saturated carbocycles. The standard InChI is InChI=1S/C21H22ClN3O3S/c22-19-7-3-17(4-8-19)15-29(27,28)25-13-1-2-18(14-25)21(26)24-20-9-5-16(6-10-20)11-12-23/h3-10,18H,1-2,11,13-15H2,(H,24,26). The van der Waals surface area contributed by atoms with E-state index in [4.69, 9.17) is 16.9 Å². The van der Waals surface area contributed by atoms with Crippen LogP contribution in [-0.2, 0) is 27.0 Å². The number of hydrogen-bond donors (Lipinski definition) is 1. The summed E-state index contributed by atoms with van der Waals surface area (Å²) in [6.07, 6.45) is 1.60. The normalized spacial score (nSPS) is 17.4. The minimum atomic E-state index is -3.52. The number of benzene rings is 2. The molecule has 1 aliphatic rings. The van der Waals surface area contributed by atoms with Gasteiger partial charge >= 0.3 is 0 Å². The Morgan fingerprint density at radius 2 is 1.79 bits per heavy atom. The maximum absolute atomic E-state index is 12.8. The van der Waals surface area contributed by atoms with Gasteiger partial charge in [-0.3, -0.25) is 4.79 Å². The SMILES string of the molecule is N#CCc1ccc(NC(=O)C2CCCN(S(=O)(=O)Cc3ccc(Cl)cc3)C2)cc1. The fourth-order valence-electron chi connectivity index (χ4n) is 3.33. The third kappa shape index (κ3) is 5.80. The molecule has 0 spiro atoms. The van der Waals surface area contributed by atoms with Crippen molar-refractivity contribution < 1.29 is 13.2 Å². The summed E-state index contributed by atoms with van der Waals surface area (Å²) in [4.78, 5) is 12.6. The van der Waals surface area contributed by atoms with Gasteiger partial charge in [-0.25, -0.2) is 12.7 Å². The van der Waals surface area contributed by atoms with Crippen molar-refractivity contribution in [3.05, 3.63) is 64.7 Å². The molecule has 0 aliphatic carbocycles. The van der Waals surface area contributed by atoms with E-state index in [2.05, 4.69) is 11.4 Å². The molecule has 8 heteroatoms. The highest BCUT2D eigenvalue weighted by molar-refractivity contribution is 7.88. The lowest BCUT2D eigenvalue weighted by atomic mass is 9.98. The molecule has 2 aromatic carbocycles. The minimum Gasteiger partial charge on any atom is -0.326 e. The molecule has 1 saturated heterocycles. The van der Waals surface area contributed by atoms with Crippen LogP contribution in [0, 0.1) is 17.2 Å². The Morgan fingerprint density at radius 3 is 2.45 bits per heavy atom. The van der Waals surface area contributed by atoms with Gasteiger partial charge in [-0.2, -0.15) is 5.26 Å². The van der Waals surface area contributed by atoms with E-state index in [1.807, 2.05) is 0 Å². The van der Waals surface area contributed by atoms with Crippen molar-refractivity contribution in [1.82, 2.24) is 4.31 Å².